The van der Waals surface area contributed by atoms with Crippen LogP contribution in [0.25, 0.3) is 21.7 Å². The standard InChI is InChI=1S/C16H18N4O2S2/c1-24(21,22)14-6-5-13(23-14)16-18-11-3-2-4-12(15(11)19-16)20-9-7-17-8-10-20/h2-6,17H,7-10H2,1H3,(H,18,19). The Morgan fingerprint density at radius 2 is 1.96 bits per heavy atom. The second-order valence-electron chi connectivity index (χ2n) is 5.89. The molecule has 1 aliphatic rings. The van der Waals surface area contributed by atoms with Gasteiger partial charge >= 0.3 is 0 Å². The Labute approximate surface area is 144 Å². The van der Waals surface area contributed by atoms with Gasteiger partial charge in [-0.05, 0) is 24.3 Å². The van der Waals surface area contributed by atoms with Crippen molar-refractivity contribution in [2.24, 2.45) is 0 Å². The number of aromatic nitrogens is 2. The number of nitrogens with zero attached hydrogens (tertiary/aromatic N) is 2. The molecule has 0 amide bonds. The topological polar surface area (TPSA) is 78.1 Å². The monoisotopic (exact) mass is 362 g/mol. The molecule has 0 unspecified atom stereocenters. The summed E-state index contributed by atoms with van der Waals surface area (Å²) in [6, 6.07) is 9.57. The van der Waals surface area contributed by atoms with Gasteiger partial charge in [-0.15, -0.1) is 11.3 Å². The van der Waals surface area contributed by atoms with Crippen LogP contribution in [0.2, 0.25) is 0 Å². The first-order valence-electron chi connectivity index (χ1n) is 7.77. The first-order chi connectivity index (χ1) is 11.5. The molecule has 4 rings (SSSR count). The number of nitrogens with one attached hydrogen (secondary N) is 2. The first-order valence-corrected chi connectivity index (χ1v) is 10.5. The fourth-order valence-electron chi connectivity index (χ4n) is 2.94. The Hall–Kier alpha value is -1.90. The zero-order valence-corrected chi connectivity index (χ0v) is 14.9. The molecule has 2 N–H and O–H groups in total. The van der Waals surface area contributed by atoms with Gasteiger partial charge < -0.3 is 15.2 Å². The van der Waals surface area contributed by atoms with Crippen molar-refractivity contribution in [2.75, 3.05) is 37.3 Å². The number of aromatic amines is 1. The maximum absolute atomic E-state index is 11.7. The normalized spacial score (nSPS) is 16.0. The lowest BCUT2D eigenvalue weighted by molar-refractivity contribution is 0.590. The Morgan fingerprint density at radius 3 is 2.67 bits per heavy atom. The summed E-state index contributed by atoms with van der Waals surface area (Å²) in [4.78, 5) is 11.2. The minimum Gasteiger partial charge on any atom is -0.367 e. The molecule has 0 atom stereocenters. The number of sulfone groups is 1. The average molecular weight is 362 g/mol. The summed E-state index contributed by atoms with van der Waals surface area (Å²) in [5.74, 6) is 0.715. The van der Waals surface area contributed by atoms with Gasteiger partial charge in [-0.3, -0.25) is 0 Å². The molecular formula is C16H18N4O2S2. The van der Waals surface area contributed by atoms with Crippen LogP contribution in [-0.2, 0) is 9.84 Å². The van der Waals surface area contributed by atoms with Crippen molar-refractivity contribution < 1.29 is 8.42 Å². The molecule has 1 aromatic carbocycles. The van der Waals surface area contributed by atoms with Crippen LogP contribution in [0.15, 0.2) is 34.5 Å². The number of anilines is 1. The summed E-state index contributed by atoms with van der Waals surface area (Å²) < 4.78 is 23.7. The number of rotatable bonds is 3. The van der Waals surface area contributed by atoms with Crippen molar-refractivity contribution in [3.63, 3.8) is 0 Å². The molecule has 3 heterocycles. The zero-order chi connectivity index (χ0) is 16.7. The Morgan fingerprint density at radius 1 is 1.17 bits per heavy atom. The van der Waals surface area contributed by atoms with Crippen LogP contribution in [0.1, 0.15) is 0 Å². The van der Waals surface area contributed by atoms with Crippen molar-refractivity contribution in [1.82, 2.24) is 15.3 Å². The maximum atomic E-state index is 11.7. The second kappa shape index (κ2) is 5.87. The molecule has 126 valence electrons. The van der Waals surface area contributed by atoms with E-state index in [4.69, 9.17) is 4.98 Å². The van der Waals surface area contributed by atoms with Crippen LogP contribution in [0.4, 0.5) is 5.69 Å². The van der Waals surface area contributed by atoms with E-state index in [-0.39, 0.29) is 0 Å². The molecule has 3 aromatic rings. The van der Waals surface area contributed by atoms with Crippen LogP contribution in [0.5, 0.6) is 0 Å². The number of thiophene rings is 1. The second-order valence-corrected chi connectivity index (χ2v) is 9.21. The van der Waals surface area contributed by atoms with Crippen molar-refractivity contribution in [1.29, 1.82) is 0 Å². The molecule has 2 aromatic heterocycles. The Bertz CT molecular complexity index is 985. The number of para-hydroxylation sites is 1. The number of hydrogen-bond donors (Lipinski definition) is 2. The van der Waals surface area contributed by atoms with Crippen molar-refractivity contribution >= 4 is 37.9 Å². The largest absolute Gasteiger partial charge is 0.367 e. The van der Waals surface area contributed by atoms with Gasteiger partial charge in [0.2, 0.25) is 0 Å². The lowest BCUT2D eigenvalue weighted by atomic mass is 10.2. The van der Waals surface area contributed by atoms with E-state index in [2.05, 4.69) is 21.3 Å². The van der Waals surface area contributed by atoms with E-state index in [0.29, 0.717) is 10.0 Å². The first kappa shape index (κ1) is 15.6. The van der Waals surface area contributed by atoms with E-state index in [0.717, 1.165) is 47.8 Å². The molecule has 1 aliphatic heterocycles. The zero-order valence-electron chi connectivity index (χ0n) is 13.2. The minimum atomic E-state index is -3.18. The highest BCUT2D eigenvalue weighted by Gasteiger charge is 2.18. The quantitative estimate of drug-likeness (QED) is 0.746. The van der Waals surface area contributed by atoms with E-state index in [1.807, 2.05) is 18.2 Å². The average Bonchev–Trinajstić information content (AvgIpc) is 3.21. The molecule has 0 aliphatic carbocycles. The lowest BCUT2D eigenvalue weighted by Crippen LogP contribution is -2.43. The molecule has 0 spiro atoms. The van der Waals surface area contributed by atoms with Crippen LogP contribution in [-0.4, -0.2) is 50.8 Å². The van der Waals surface area contributed by atoms with E-state index >= 15 is 0 Å². The van der Waals surface area contributed by atoms with Gasteiger partial charge in [-0.1, -0.05) is 6.07 Å². The number of fused-ring (bicyclic) bond motifs is 1. The molecule has 0 bridgehead atoms. The van der Waals surface area contributed by atoms with Crippen LogP contribution in [0, 0.1) is 0 Å². The number of imidazole rings is 1. The summed E-state index contributed by atoms with van der Waals surface area (Å²) in [7, 11) is -3.18. The van der Waals surface area contributed by atoms with Gasteiger partial charge in [0, 0.05) is 32.4 Å². The van der Waals surface area contributed by atoms with Gasteiger partial charge in [0.25, 0.3) is 0 Å². The molecule has 1 fully saturated rings. The molecule has 8 heteroatoms. The number of hydrogen-bond acceptors (Lipinski definition) is 6. The van der Waals surface area contributed by atoms with E-state index in [9.17, 15) is 8.42 Å². The highest BCUT2D eigenvalue weighted by Crippen LogP contribution is 2.33. The van der Waals surface area contributed by atoms with E-state index < -0.39 is 9.84 Å². The van der Waals surface area contributed by atoms with Crippen LogP contribution in [0.3, 0.4) is 0 Å². The summed E-state index contributed by atoms with van der Waals surface area (Å²) in [6.45, 7) is 3.85. The van der Waals surface area contributed by atoms with Crippen molar-refractivity contribution in [3.05, 3.63) is 30.3 Å². The fraction of sp³-hybridized carbons (Fsp3) is 0.312. The predicted molar refractivity (Wildman–Crippen MR) is 97.6 cm³/mol. The fourth-order valence-corrected chi connectivity index (χ4v) is 4.81. The minimum absolute atomic E-state index is 0.361. The molecule has 0 radical (unpaired) electrons. The van der Waals surface area contributed by atoms with Crippen molar-refractivity contribution in [3.8, 4) is 10.7 Å². The Balaban J connectivity index is 1.77. The predicted octanol–water partition coefficient (Wildman–Crippen LogP) is 2.10. The summed E-state index contributed by atoms with van der Waals surface area (Å²) >= 11 is 1.24. The Kier molecular flexibility index (Phi) is 3.82. The maximum Gasteiger partial charge on any atom is 0.184 e. The number of H-pyrrole nitrogens is 1. The molecule has 1 saturated heterocycles. The third kappa shape index (κ3) is 2.81. The summed E-state index contributed by atoms with van der Waals surface area (Å²) in [5.41, 5.74) is 3.02. The number of benzene rings is 1. The summed E-state index contributed by atoms with van der Waals surface area (Å²) in [5, 5.41) is 3.36. The lowest BCUT2D eigenvalue weighted by Gasteiger charge is -2.29. The van der Waals surface area contributed by atoms with Crippen LogP contribution >= 0.6 is 11.3 Å². The van der Waals surface area contributed by atoms with Gasteiger partial charge in [0.15, 0.2) is 9.84 Å². The number of piperazine rings is 1. The van der Waals surface area contributed by atoms with Crippen molar-refractivity contribution in [2.45, 2.75) is 4.21 Å². The van der Waals surface area contributed by atoms with E-state index in [1.54, 1.807) is 6.07 Å². The highest BCUT2D eigenvalue weighted by atomic mass is 32.2. The van der Waals surface area contributed by atoms with Gasteiger partial charge in [-0.2, -0.15) is 0 Å². The van der Waals surface area contributed by atoms with E-state index in [1.165, 1.54) is 17.6 Å². The summed E-state index contributed by atoms with van der Waals surface area (Å²) in [6.07, 6.45) is 1.23. The third-order valence-electron chi connectivity index (χ3n) is 4.13. The van der Waals surface area contributed by atoms with Gasteiger partial charge in [-0.25, -0.2) is 13.4 Å². The SMILES string of the molecule is CS(=O)(=O)c1ccc(-c2nc3c(N4CCNCC4)cccc3[nH]2)s1. The smallest absolute Gasteiger partial charge is 0.184 e. The molecular weight excluding hydrogens is 344 g/mol. The van der Waals surface area contributed by atoms with Gasteiger partial charge in [0.1, 0.15) is 15.6 Å². The third-order valence-corrected chi connectivity index (χ3v) is 7.04. The highest BCUT2D eigenvalue weighted by molar-refractivity contribution is 7.92. The van der Waals surface area contributed by atoms with Crippen LogP contribution < -0.4 is 10.2 Å². The molecule has 6 nitrogen and oxygen atoms in total. The van der Waals surface area contributed by atoms with Gasteiger partial charge in [0.05, 0.1) is 16.1 Å². The molecule has 0 saturated carbocycles. The molecule has 24 heavy (non-hydrogen) atoms.